The molecule has 1 aliphatic rings. The van der Waals surface area contributed by atoms with Crippen molar-refractivity contribution >= 4 is 28.8 Å². The van der Waals surface area contributed by atoms with Crippen molar-refractivity contribution in [3.05, 3.63) is 65.2 Å². The molecule has 2 heterocycles. The number of thiazole rings is 1. The van der Waals surface area contributed by atoms with Crippen LogP contribution < -0.4 is 15.4 Å². The predicted octanol–water partition coefficient (Wildman–Crippen LogP) is 3.50. The van der Waals surface area contributed by atoms with E-state index in [4.69, 9.17) is 4.74 Å². The van der Waals surface area contributed by atoms with E-state index < -0.39 is 0 Å². The maximum absolute atomic E-state index is 13.5. The van der Waals surface area contributed by atoms with Gasteiger partial charge in [0.2, 0.25) is 0 Å². The number of carbonyl (C=O) groups is 2. The largest absolute Gasteiger partial charge is 0.486 e. The van der Waals surface area contributed by atoms with Crippen LogP contribution in [0.4, 0.5) is 5.69 Å². The number of aliphatic hydroxyl groups excluding tert-OH is 1. The van der Waals surface area contributed by atoms with Crippen LogP contribution in [0, 0.1) is 5.92 Å². The van der Waals surface area contributed by atoms with Crippen molar-refractivity contribution in [2.45, 2.75) is 26.0 Å². The van der Waals surface area contributed by atoms with E-state index in [9.17, 15) is 14.7 Å². The zero-order valence-corrected chi connectivity index (χ0v) is 20.8. The van der Waals surface area contributed by atoms with Gasteiger partial charge < -0.3 is 25.4 Å². The van der Waals surface area contributed by atoms with Gasteiger partial charge in [-0.1, -0.05) is 25.1 Å². The number of anilines is 1. The van der Waals surface area contributed by atoms with Crippen molar-refractivity contribution in [3.63, 3.8) is 0 Å². The lowest BCUT2D eigenvalue weighted by Gasteiger charge is -2.37. The summed E-state index contributed by atoms with van der Waals surface area (Å²) in [5, 5.41) is 18.6. The molecule has 3 N–H and O–H groups in total. The molecule has 2 aromatic carbocycles. The summed E-state index contributed by atoms with van der Waals surface area (Å²) in [4.78, 5) is 32.5. The SMILES string of the molecule is CNC[C@@H]1Oc2c(NC(=O)c3ccc(-c4nccs4)cc3)cccc2C(=O)N([C@@H](C)CO)C[C@@H]1C. The summed E-state index contributed by atoms with van der Waals surface area (Å²) in [5.74, 6) is -0.205. The van der Waals surface area contributed by atoms with Gasteiger partial charge in [0.1, 0.15) is 11.1 Å². The van der Waals surface area contributed by atoms with E-state index in [0.717, 1.165) is 10.6 Å². The molecule has 0 unspecified atom stereocenters. The number of rotatable bonds is 7. The second-order valence-electron chi connectivity index (χ2n) is 8.73. The molecule has 1 aliphatic heterocycles. The summed E-state index contributed by atoms with van der Waals surface area (Å²) in [6, 6.07) is 12.0. The third kappa shape index (κ3) is 5.37. The number of hydrogen-bond donors (Lipinski definition) is 3. The second-order valence-corrected chi connectivity index (χ2v) is 9.63. The molecule has 1 aromatic heterocycles. The Bertz CT molecular complexity index is 1170. The van der Waals surface area contributed by atoms with Crippen LogP contribution in [0.1, 0.15) is 34.6 Å². The zero-order valence-electron chi connectivity index (χ0n) is 20.0. The number of amides is 2. The highest BCUT2D eigenvalue weighted by Crippen LogP contribution is 2.35. The number of carbonyl (C=O) groups excluding carboxylic acids is 2. The molecular weight excluding hydrogens is 464 g/mol. The third-order valence-electron chi connectivity index (χ3n) is 6.17. The lowest BCUT2D eigenvalue weighted by molar-refractivity contribution is 0.0417. The molecule has 0 spiro atoms. The second kappa shape index (κ2) is 11.0. The number of fused-ring (bicyclic) bond motifs is 1. The molecule has 3 aromatic rings. The summed E-state index contributed by atoms with van der Waals surface area (Å²) < 4.78 is 6.36. The number of likely N-dealkylation sites (N-methyl/N-ethyl adjacent to an activating group) is 1. The summed E-state index contributed by atoms with van der Waals surface area (Å²) in [5.41, 5.74) is 2.21. The van der Waals surface area contributed by atoms with Gasteiger partial charge in [-0.2, -0.15) is 0 Å². The van der Waals surface area contributed by atoms with Crippen molar-refractivity contribution in [1.82, 2.24) is 15.2 Å². The number of ether oxygens (including phenoxy) is 1. The van der Waals surface area contributed by atoms with Gasteiger partial charge in [0.25, 0.3) is 11.8 Å². The number of nitrogens with zero attached hydrogens (tertiary/aromatic N) is 2. The highest BCUT2D eigenvalue weighted by atomic mass is 32.1. The van der Waals surface area contributed by atoms with E-state index in [1.165, 1.54) is 11.3 Å². The molecular formula is C26H30N4O4S. The highest BCUT2D eigenvalue weighted by molar-refractivity contribution is 7.13. The predicted molar refractivity (Wildman–Crippen MR) is 137 cm³/mol. The van der Waals surface area contributed by atoms with Crippen LogP contribution in [0.25, 0.3) is 10.6 Å². The maximum atomic E-state index is 13.5. The average molecular weight is 495 g/mol. The quantitative estimate of drug-likeness (QED) is 0.465. The molecule has 3 atom stereocenters. The number of benzene rings is 2. The van der Waals surface area contributed by atoms with Crippen molar-refractivity contribution in [3.8, 4) is 16.3 Å². The minimum absolute atomic E-state index is 0.00397. The van der Waals surface area contributed by atoms with Crippen LogP contribution in [0.2, 0.25) is 0 Å². The first-order valence-electron chi connectivity index (χ1n) is 11.6. The topological polar surface area (TPSA) is 104 Å². The molecule has 0 fully saturated rings. The first-order chi connectivity index (χ1) is 16.9. The van der Waals surface area contributed by atoms with Gasteiger partial charge in [0.15, 0.2) is 5.75 Å². The van der Waals surface area contributed by atoms with Crippen molar-refractivity contribution in [1.29, 1.82) is 0 Å². The molecule has 0 radical (unpaired) electrons. The Kier molecular flexibility index (Phi) is 7.80. The molecule has 9 heteroatoms. The fraction of sp³-hybridized carbons (Fsp3) is 0.346. The Hall–Kier alpha value is -3.27. The fourth-order valence-corrected chi connectivity index (χ4v) is 4.76. The lowest BCUT2D eigenvalue weighted by Crippen LogP contribution is -2.49. The van der Waals surface area contributed by atoms with Crippen molar-refractivity contribution in [2.24, 2.45) is 5.92 Å². The first kappa shape index (κ1) is 24.8. The summed E-state index contributed by atoms with van der Waals surface area (Å²) in [6.07, 6.45) is 1.51. The van der Waals surface area contributed by atoms with E-state index in [1.54, 1.807) is 41.4 Å². The van der Waals surface area contributed by atoms with E-state index in [1.807, 2.05) is 38.4 Å². The van der Waals surface area contributed by atoms with Gasteiger partial charge in [-0.05, 0) is 38.2 Å². The average Bonchev–Trinajstić information content (AvgIpc) is 3.41. The van der Waals surface area contributed by atoms with Gasteiger partial charge >= 0.3 is 0 Å². The van der Waals surface area contributed by atoms with E-state index in [2.05, 4.69) is 15.6 Å². The Morgan fingerprint density at radius 1 is 1.29 bits per heavy atom. The van der Waals surface area contributed by atoms with Gasteiger partial charge in [0.05, 0.1) is 23.9 Å². The van der Waals surface area contributed by atoms with Crippen molar-refractivity contribution < 1.29 is 19.4 Å². The van der Waals surface area contributed by atoms with Gasteiger partial charge in [0, 0.05) is 41.7 Å². The molecule has 4 rings (SSSR count). The summed E-state index contributed by atoms with van der Waals surface area (Å²) in [6.45, 7) is 4.72. The van der Waals surface area contributed by atoms with E-state index in [0.29, 0.717) is 35.7 Å². The Morgan fingerprint density at radius 2 is 2.06 bits per heavy atom. The Balaban J connectivity index is 1.65. The standard InChI is InChI=1S/C26H30N4O4S/c1-16-14-30(17(2)15-31)26(33)20-5-4-6-21(23(20)34-22(16)13-27-3)29-24(32)18-7-9-19(10-8-18)25-28-11-12-35-25/h4-12,16-17,22,27,31H,13-15H2,1-3H3,(H,29,32)/t16-,17-,22-/m0/s1. The molecule has 0 saturated heterocycles. The number of nitrogens with one attached hydrogen (secondary N) is 2. The fourth-order valence-electron chi connectivity index (χ4n) is 4.11. The highest BCUT2D eigenvalue weighted by Gasteiger charge is 2.33. The lowest BCUT2D eigenvalue weighted by atomic mass is 9.99. The molecule has 2 amide bonds. The summed E-state index contributed by atoms with van der Waals surface area (Å²) >= 11 is 1.54. The molecule has 0 saturated carbocycles. The third-order valence-corrected chi connectivity index (χ3v) is 6.99. The zero-order chi connectivity index (χ0) is 24.9. The minimum atomic E-state index is -0.347. The monoisotopic (exact) mass is 494 g/mol. The van der Waals surface area contributed by atoms with Gasteiger partial charge in [-0.15, -0.1) is 11.3 Å². The number of hydrogen-bond acceptors (Lipinski definition) is 7. The van der Waals surface area contributed by atoms with Crippen LogP contribution >= 0.6 is 11.3 Å². The van der Waals surface area contributed by atoms with Crippen molar-refractivity contribution in [2.75, 3.05) is 32.1 Å². The maximum Gasteiger partial charge on any atom is 0.258 e. The first-order valence-corrected chi connectivity index (χ1v) is 12.5. The van der Waals surface area contributed by atoms with E-state index in [-0.39, 0.29) is 36.5 Å². The van der Waals surface area contributed by atoms with Gasteiger partial charge in [-0.25, -0.2) is 4.98 Å². The van der Waals surface area contributed by atoms with Gasteiger partial charge in [-0.3, -0.25) is 9.59 Å². The Morgan fingerprint density at radius 3 is 2.71 bits per heavy atom. The number of para-hydroxylation sites is 1. The number of aromatic nitrogens is 1. The van der Waals surface area contributed by atoms with Crippen LogP contribution in [0.15, 0.2) is 54.0 Å². The van der Waals surface area contributed by atoms with Crippen LogP contribution in [0.5, 0.6) is 5.75 Å². The smallest absolute Gasteiger partial charge is 0.258 e. The molecule has 184 valence electrons. The molecule has 0 bridgehead atoms. The van der Waals surface area contributed by atoms with E-state index >= 15 is 0 Å². The summed E-state index contributed by atoms with van der Waals surface area (Å²) in [7, 11) is 1.85. The van der Waals surface area contributed by atoms with Crippen LogP contribution in [-0.2, 0) is 0 Å². The molecule has 8 nitrogen and oxygen atoms in total. The van der Waals surface area contributed by atoms with Crippen LogP contribution in [-0.4, -0.2) is 65.7 Å². The number of aliphatic hydroxyl groups is 1. The Labute approximate surface area is 209 Å². The van der Waals surface area contributed by atoms with Crippen LogP contribution in [0.3, 0.4) is 0 Å². The normalized spacial score (nSPS) is 18.7. The molecule has 35 heavy (non-hydrogen) atoms. The minimum Gasteiger partial charge on any atom is -0.486 e. The molecule has 0 aliphatic carbocycles.